The van der Waals surface area contributed by atoms with E-state index in [0.717, 1.165) is 10.0 Å². The summed E-state index contributed by atoms with van der Waals surface area (Å²) in [5, 5.41) is 9.11. The van der Waals surface area contributed by atoms with E-state index in [-0.39, 0.29) is 5.56 Å². The molecule has 0 aliphatic carbocycles. The average molecular weight is 437 g/mol. The van der Waals surface area contributed by atoms with E-state index in [0.29, 0.717) is 28.4 Å². The third-order valence-electron chi connectivity index (χ3n) is 4.17. The molecule has 1 aliphatic heterocycles. The maximum Gasteiger partial charge on any atom is 0.343 e. The van der Waals surface area contributed by atoms with E-state index in [4.69, 9.17) is 14.3 Å². The Balaban J connectivity index is 1.61. The Morgan fingerprint density at radius 2 is 1.79 bits per heavy atom. The molecule has 0 saturated carbocycles. The Bertz CT molecular complexity index is 1140. The molecule has 2 aromatic carbocycles. The average Bonchev–Trinajstić information content (AvgIpc) is 3.30. The van der Waals surface area contributed by atoms with Gasteiger partial charge in [-0.1, -0.05) is 40.2 Å². The number of cyclic esters (lactones) is 1. The zero-order chi connectivity index (χ0) is 19.7. The van der Waals surface area contributed by atoms with Gasteiger partial charge in [0.05, 0.1) is 11.1 Å². The number of aromatic carboxylic acids is 1. The van der Waals surface area contributed by atoms with Crippen LogP contribution in [0.3, 0.4) is 0 Å². The number of carboxylic acid groups (broad SMARTS) is 1. The number of esters is 1. The summed E-state index contributed by atoms with van der Waals surface area (Å²) in [6.45, 7) is 0. The fourth-order valence-electron chi connectivity index (χ4n) is 2.79. The molecule has 6 heteroatoms. The summed E-state index contributed by atoms with van der Waals surface area (Å²) in [4.78, 5) is 23.3. The van der Waals surface area contributed by atoms with Crippen LogP contribution < -0.4 is 0 Å². The van der Waals surface area contributed by atoms with Crippen LogP contribution in [-0.2, 0) is 9.53 Å². The number of halogens is 1. The van der Waals surface area contributed by atoms with Crippen molar-refractivity contribution in [3.05, 3.63) is 93.7 Å². The summed E-state index contributed by atoms with van der Waals surface area (Å²) in [5.41, 5.74) is 1.99. The highest BCUT2D eigenvalue weighted by Crippen LogP contribution is 2.30. The van der Waals surface area contributed by atoms with Gasteiger partial charge in [0.1, 0.15) is 17.3 Å². The molecule has 0 radical (unpaired) electrons. The molecule has 1 aliphatic rings. The van der Waals surface area contributed by atoms with E-state index in [1.165, 1.54) is 12.1 Å². The minimum absolute atomic E-state index is 0.176. The van der Waals surface area contributed by atoms with Crippen LogP contribution >= 0.6 is 15.9 Å². The molecule has 3 aromatic rings. The Labute approximate surface area is 168 Å². The first-order valence-corrected chi connectivity index (χ1v) is 9.14. The second kappa shape index (κ2) is 7.32. The molecule has 0 spiro atoms. The molecule has 1 N–H and O–H groups in total. The molecular weight excluding hydrogens is 424 g/mol. The summed E-state index contributed by atoms with van der Waals surface area (Å²) in [5.74, 6) is -0.00194. The van der Waals surface area contributed by atoms with Crippen molar-refractivity contribution in [3.8, 4) is 11.3 Å². The van der Waals surface area contributed by atoms with Crippen molar-refractivity contribution in [1.82, 2.24) is 0 Å². The van der Waals surface area contributed by atoms with E-state index in [1.807, 2.05) is 24.3 Å². The number of rotatable bonds is 4. The maximum atomic E-state index is 12.2. The molecule has 1 aromatic heterocycles. The van der Waals surface area contributed by atoms with Gasteiger partial charge in [-0.25, -0.2) is 9.59 Å². The van der Waals surface area contributed by atoms with E-state index in [9.17, 15) is 9.59 Å². The smallest absolute Gasteiger partial charge is 0.343 e. The van der Waals surface area contributed by atoms with E-state index in [2.05, 4.69) is 15.9 Å². The van der Waals surface area contributed by atoms with Gasteiger partial charge < -0.3 is 14.3 Å². The Morgan fingerprint density at radius 1 is 1.00 bits per heavy atom. The molecule has 0 saturated heterocycles. The van der Waals surface area contributed by atoms with Crippen molar-refractivity contribution in [2.45, 2.75) is 0 Å². The van der Waals surface area contributed by atoms with E-state index < -0.39 is 11.9 Å². The van der Waals surface area contributed by atoms with Crippen molar-refractivity contribution < 1.29 is 23.8 Å². The van der Waals surface area contributed by atoms with Crippen LogP contribution in [0.1, 0.15) is 21.7 Å². The molecule has 0 amide bonds. The van der Waals surface area contributed by atoms with Crippen molar-refractivity contribution in [2.75, 3.05) is 0 Å². The number of hydrogen-bond donors (Lipinski definition) is 1. The lowest BCUT2D eigenvalue weighted by molar-refractivity contribution is -0.130. The molecule has 0 unspecified atom stereocenters. The number of benzene rings is 2. The molecule has 28 heavy (non-hydrogen) atoms. The fraction of sp³-hybridized carbons (Fsp3) is 0. The van der Waals surface area contributed by atoms with Crippen LogP contribution in [0, 0.1) is 0 Å². The zero-order valence-electron chi connectivity index (χ0n) is 14.4. The highest BCUT2D eigenvalue weighted by Gasteiger charge is 2.22. The van der Waals surface area contributed by atoms with Crippen molar-refractivity contribution in [1.29, 1.82) is 0 Å². The quantitative estimate of drug-likeness (QED) is 0.438. The predicted molar refractivity (Wildman–Crippen MR) is 107 cm³/mol. The molecule has 0 atom stereocenters. The largest absolute Gasteiger partial charge is 0.478 e. The lowest BCUT2D eigenvalue weighted by Gasteiger charge is -2.01. The fourth-order valence-corrected chi connectivity index (χ4v) is 3.05. The lowest BCUT2D eigenvalue weighted by atomic mass is 10.1. The maximum absolute atomic E-state index is 12.2. The van der Waals surface area contributed by atoms with Crippen LogP contribution in [0.4, 0.5) is 0 Å². The van der Waals surface area contributed by atoms with Gasteiger partial charge in [0, 0.05) is 15.6 Å². The molecule has 2 heterocycles. The molecule has 0 fully saturated rings. The minimum Gasteiger partial charge on any atom is -0.478 e. The molecule has 0 bridgehead atoms. The summed E-state index contributed by atoms with van der Waals surface area (Å²) >= 11 is 3.37. The van der Waals surface area contributed by atoms with Crippen LogP contribution in [0.15, 0.2) is 81.2 Å². The Kier molecular flexibility index (Phi) is 4.71. The van der Waals surface area contributed by atoms with Gasteiger partial charge in [-0.15, -0.1) is 0 Å². The Hall–Kier alpha value is -3.38. The number of carbonyl (C=O) groups is 2. The van der Waals surface area contributed by atoms with Crippen LogP contribution in [-0.4, -0.2) is 17.0 Å². The zero-order valence-corrected chi connectivity index (χ0v) is 16.0. The van der Waals surface area contributed by atoms with Gasteiger partial charge in [0.15, 0.2) is 0 Å². The SMILES string of the molecule is O=C1OC(c2ccc(Br)cc2)=C/C1=C/c1ccc(-c2cccc(C(=O)O)c2)o1. The minimum atomic E-state index is -1.00. The summed E-state index contributed by atoms with van der Waals surface area (Å²) in [6, 6.07) is 17.4. The summed E-state index contributed by atoms with van der Waals surface area (Å²) in [6.07, 6.45) is 3.26. The highest BCUT2D eigenvalue weighted by atomic mass is 79.9. The van der Waals surface area contributed by atoms with Crippen molar-refractivity contribution >= 4 is 39.7 Å². The standard InChI is InChI=1S/C22H13BrO5/c23-17-6-4-13(5-7-17)20-12-16(22(26)28-20)11-18-8-9-19(27-18)14-2-1-3-15(10-14)21(24)25/h1-12H,(H,24,25)/b16-11-. The van der Waals surface area contributed by atoms with Gasteiger partial charge in [-0.2, -0.15) is 0 Å². The number of carboxylic acids is 1. The molecule has 138 valence electrons. The topological polar surface area (TPSA) is 76.7 Å². The van der Waals surface area contributed by atoms with Crippen LogP contribution in [0.2, 0.25) is 0 Å². The third kappa shape index (κ3) is 3.68. The second-order valence-corrected chi connectivity index (χ2v) is 7.01. The summed E-state index contributed by atoms with van der Waals surface area (Å²) < 4.78 is 12.0. The first-order valence-electron chi connectivity index (χ1n) is 8.35. The van der Waals surface area contributed by atoms with Crippen LogP contribution in [0.5, 0.6) is 0 Å². The third-order valence-corrected chi connectivity index (χ3v) is 4.70. The highest BCUT2D eigenvalue weighted by molar-refractivity contribution is 9.10. The number of carbonyl (C=O) groups excluding carboxylic acids is 1. The first-order chi connectivity index (χ1) is 13.5. The van der Waals surface area contributed by atoms with Crippen LogP contribution in [0.25, 0.3) is 23.2 Å². The van der Waals surface area contributed by atoms with Gasteiger partial charge >= 0.3 is 11.9 Å². The summed E-state index contributed by atoms with van der Waals surface area (Å²) in [7, 11) is 0. The first kappa shape index (κ1) is 18.0. The number of ether oxygens (including phenoxy) is 1. The second-order valence-electron chi connectivity index (χ2n) is 6.09. The van der Waals surface area contributed by atoms with Gasteiger partial charge in [0.25, 0.3) is 0 Å². The lowest BCUT2D eigenvalue weighted by Crippen LogP contribution is -1.96. The number of furan rings is 1. The van der Waals surface area contributed by atoms with Crippen molar-refractivity contribution in [3.63, 3.8) is 0 Å². The van der Waals surface area contributed by atoms with E-state index in [1.54, 1.807) is 36.4 Å². The van der Waals surface area contributed by atoms with Gasteiger partial charge in [-0.05, 0) is 48.6 Å². The Morgan fingerprint density at radius 3 is 2.54 bits per heavy atom. The van der Waals surface area contributed by atoms with Gasteiger partial charge in [-0.3, -0.25) is 0 Å². The van der Waals surface area contributed by atoms with E-state index >= 15 is 0 Å². The van der Waals surface area contributed by atoms with Crippen molar-refractivity contribution in [2.24, 2.45) is 0 Å². The molecule has 5 nitrogen and oxygen atoms in total. The predicted octanol–water partition coefficient (Wildman–Crippen LogP) is 5.39. The number of hydrogen-bond acceptors (Lipinski definition) is 4. The molecule has 4 rings (SSSR count). The normalized spacial score (nSPS) is 14.8. The molecular formula is C22H13BrO5. The van der Waals surface area contributed by atoms with Gasteiger partial charge in [0.2, 0.25) is 0 Å². The monoisotopic (exact) mass is 436 g/mol.